The number of carbonyl (C=O) groups is 2. The predicted molar refractivity (Wildman–Crippen MR) is 94.3 cm³/mol. The van der Waals surface area contributed by atoms with Gasteiger partial charge < -0.3 is 15.4 Å². The zero-order valence-electron chi connectivity index (χ0n) is 13.8. The Hall–Kier alpha value is -2.18. The number of thiophene rings is 1. The molecule has 2 rings (SSSR count). The Kier molecular flexibility index (Phi) is 6.52. The van der Waals surface area contributed by atoms with Crippen LogP contribution in [0.4, 0.5) is 0 Å². The minimum absolute atomic E-state index is 0.0797. The summed E-state index contributed by atoms with van der Waals surface area (Å²) in [6, 6.07) is 12.3. The molecular formula is C18H22N2O3S. The molecule has 6 heteroatoms. The molecule has 1 aromatic heterocycles. The highest BCUT2D eigenvalue weighted by atomic mass is 32.1. The van der Waals surface area contributed by atoms with E-state index >= 15 is 0 Å². The van der Waals surface area contributed by atoms with Crippen LogP contribution in [0.2, 0.25) is 0 Å². The third-order valence-electron chi connectivity index (χ3n) is 3.83. The lowest BCUT2D eigenvalue weighted by Gasteiger charge is -2.26. The maximum atomic E-state index is 12.4. The molecule has 0 fully saturated rings. The number of nitrogens with two attached hydrogens (primary N) is 1. The lowest BCUT2D eigenvalue weighted by molar-refractivity contribution is -0.148. The second-order valence-corrected chi connectivity index (χ2v) is 6.58. The summed E-state index contributed by atoms with van der Waals surface area (Å²) in [5.41, 5.74) is 6.79. The van der Waals surface area contributed by atoms with Crippen LogP contribution in [0.5, 0.6) is 0 Å². The number of nitrogens with zero attached hydrogens (tertiary/aromatic N) is 1. The first kappa shape index (κ1) is 18.2. The number of carbonyl (C=O) groups excluding carboxylic acids is 2. The van der Waals surface area contributed by atoms with E-state index in [4.69, 9.17) is 10.5 Å². The van der Waals surface area contributed by atoms with Gasteiger partial charge in [0.1, 0.15) is 6.61 Å². The van der Waals surface area contributed by atoms with Crippen molar-refractivity contribution in [2.24, 2.45) is 5.73 Å². The first-order chi connectivity index (χ1) is 11.5. The van der Waals surface area contributed by atoms with Crippen molar-refractivity contribution in [3.8, 4) is 0 Å². The highest BCUT2D eigenvalue weighted by Crippen LogP contribution is 2.23. The second-order valence-electron chi connectivity index (χ2n) is 5.60. The van der Waals surface area contributed by atoms with Crippen molar-refractivity contribution in [3.63, 3.8) is 0 Å². The van der Waals surface area contributed by atoms with E-state index in [0.29, 0.717) is 0 Å². The molecule has 1 heterocycles. The Balaban J connectivity index is 1.83. The van der Waals surface area contributed by atoms with E-state index in [1.165, 1.54) is 0 Å². The van der Waals surface area contributed by atoms with Gasteiger partial charge in [0.05, 0.1) is 18.5 Å². The van der Waals surface area contributed by atoms with E-state index in [-0.39, 0.29) is 25.0 Å². The summed E-state index contributed by atoms with van der Waals surface area (Å²) >= 11 is 1.58. The van der Waals surface area contributed by atoms with Gasteiger partial charge in [0.25, 0.3) is 0 Å². The summed E-state index contributed by atoms with van der Waals surface area (Å²) in [4.78, 5) is 26.9. The predicted octanol–water partition coefficient (Wildman–Crippen LogP) is 2.73. The molecule has 2 N–H and O–H groups in total. The van der Waals surface area contributed by atoms with E-state index in [9.17, 15) is 9.59 Å². The van der Waals surface area contributed by atoms with Crippen LogP contribution in [0, 0.1) is 0 Å². The molecular weight excluding hydrogens is 324 g/mol. The Morgan fingerprint density at radius 2 is 1.92 bits per heavy atom. The fourth-order valence-corrected chi connectivity index (χ4v) is 3.06. The van der Waals surface area contributed by atoms with Gasteiger partial charge in [-0.25, -0.2) is 0 Å². The molecule has 5 nitrogen and oxygen atoms in total. The topological polar surface area (TPSA) is 72.6 Å². The van der Waals surface area contributed by atoms with Gasteiger partial charge in [-0.2, -0.15) is 0 Å². The normalized spacial score (nSPS) is 13.1. The van der Waals surface area contributed by atoms with E-state index < -0.39 is 12.0 Å². The second kappa shape index (κ2) is 8.61. The lowest BCUT2D eigenvalue weighted by atomic mass is 10.1. The smallest absolute Gasteiger partial charge is 0.308 e. The number of esters is 1. The highest BCUT2D eigenvalue weighted by Gasteiger charge is 2.25. The van der Waals surface area contributed by atoms with E-state index in [2.05, 4.69) is 0 Å². The molecule has 0 saturated heterocycles. The number of amides is 1. The van der Waals surface area contributed by atoms with Crippen molar-refractivity contribution in [2.45, 2.75) is 32.0 Å². The molecule has 128 valence electrons. The van der Waals surface area contributed by atoms with Crippen molar-refractivity contribution in [1.29, 1.82) is 0 Å². The molecule has 1 aromatic carbocycles. The third-order valence-corrected chi connectivity index (χ3v) is 4.87. The van der Waals surface area contributed by atoms with Gasteiger partial charge in [-0.1, -0.05) is 36.4 Å². The quantitative estimate of drug-likeness (QED) is 0.783. The Labute approximate surface area is 146 Å². The van der Waals surface area contributed by atoms with Crippen molar-refractivity contribution in [2.75, 3.05) is 7.05 Å². The van der Waals surface area contributed by atoms with Crippen molar-refractivity contribution >= 4 is 23.2 Å². The fourth-order valence-electron chi connectivity index (χ4n) is 2.24. The monoisotopic (exact) mass is 346 g/mol. The first-order valence-corrected chi connectivity index (χ1v) is 8.62. The lowest BCUT2D eigenvalue weighted by Crippen LogP contribution is -2.44. The molecule has 0 bridgehead atoms. The summed E-state index contributed by atoms with van der Waals surface area (Å²) in [5, 5.41) is 1.96. The SMILES string of the molecule is CC(c1cccs1)N(C)C(=O)[C@@H](N)CC(=O)OCc1ccccc1. The van der Waals surface area contributed by atoms with Gasteiger partial charge in [0.15, 0.2) is 0 Å². The third kappa shape index (κ3) is 4.91. The minimum Gasteiger partial charge on any atom is -0.461 e. The van der Waals surface area contributed by atoms with Crippen LogP contribution in [0.3, 0.4) is 0 Å². The van der Waals surface area contributed by atoms with Gasteiger partial charge in [-0.3, -0.25) is 9.59 Å². The van der Waals surface area contributed by atoms with Gasteiger partial charge in [-0.05, 0) is 23.9 Å². The number of hydrogen-bond donors (Lipinski definition) is 1. The molecule has 24 heavy (non-hydrogen) atoms. The zero-order chi connectivity index (χ0) is 17.5. The highest BCUT2D eigenvalue weighted by molar-refractivity contribution is 7.10. The van der Waals surface area contributed by atoms with E-state index in [1.54, 1.807) is 23.3 Å². The standard InChI is InChI=1S/C18H22N2O3S/c1-13(16-9-6-10-24-16)20(2)18(22)15(19)11-17(21)23-12-14-7-4-3-5-8-14/h3-10,13,15H,11-12,19H2,1-2H3/t13?,15-/m0/s1. The number of ether oxygens (including phenoxy) is 1. The molecule has 0 aliphatic heterocycles. The molecule has 2 atom stereocenters. The Bertz CT molecular complexity index is 658. The maximum absolute atomic E-state index is 12.4. The maximum Gasteiger partial charge on any atom is 0.308 e. The van der Waals surface area contributed by atoms with Crippen molar-refractivity contribution < 1.29 is 14.3 Å². The fraction of sp³-hybridized carbons (Fsp3) is 0.333. The molecule has 0 aliphatic rings. The van der Waals surface area contributed by atoms with Crippen LogP contribution in [0.15, 0.2) is 47.8 Å². The summed E-state index contributed by atoms with van der Waals surface area (Å²) < 4.78 is 5.17. The Morgan fingerprint density at radius 1 is 1.21 bits per heavy atom. The number of hydrogen-bond acceptors (Lipinski definition) is 5. The van der Waals surface area contributed by atoms with Gasteiger partial charge >= 0.3 is 5.97 Å². The Morgan fingerprint density at radius 3 is 2.54 bits per heavy atom. The van der Waals surface area contributed by atoms with Crippen LogP contribution in [0.25, 0.3) is 0 Å². The van der Waals surface area contributed by atoms with E-state index in [1.807, 2.05) is 54.8 Å². The summed E-state index contributed by atoms with van der Waals surface area (Å²) in [6.07, 6.45) is -0.132. The molecule has 0 spiro atoms. The average molecular weight is 346 g/mol. The van der Waals surface area contributed by atoms with Crippen LogP contribution in [0.1, 0.15) is 29.8 Å². The van der Waals surface area contributed by atoms with Gasteiger partial charge in [-0.15, -0.1) is 11.3 Å². The van der Waals surface area contributed by atoms with Crippen LogP contribution < -0.4 is 5.73 Å². The van der Waals surface area contributed by atoms with Crippen LogP contribution >= 0.6 is 11.3 Å². The molecule has 0 radical (unpaired) electrons. The molecule has 1 amide bonds. The summed E-state index contributed by atoms with van der Waals surface area (Å²) in [6.45, 7) is 2.12. The van der Waals surface area contributed by atoms with Crippen LogP contribution in [-0.2, 0) is 20.9 Å². The van der Waals surface area contributed by atoms with Crippen molar-refractivity contribution in [3.05, 3.63) is 58.3 Å². The molecule has 1 unspecified atom stereocenters. The first-order valence-electron chi connectivity index (χ1n) is 7.74. The molecule has 0 saturated carbocycles. The number of rotatable bonds is 7. The molecule has 0 aliphatic carbocycles. The minimum atomic E-state index is -0.902. The van der Waals surface area contributed by atoms with Crippen molar-refractivity contribution in [1.82, 2.24) is 4.90 Å². The number of benzene rings is 1. The largest absolute Gasteiger partial charge is 0.461 e. The van der Waals surface area contributed by atoms with E-state index in [0.717, 1.165) is 10.4 Å². The number of likely N-dealkylation sites (N-methyl/N-ethyl adjacent to an activating group) is 1. The van der Waals surface area contributed by atoms with Gasteiger partial charge in [0.2, 0.25) is 5.91 Å². The molecule has 2 aromatic rings. The average Bonchev–Trinajstić information content (AvgIpc) is 3.13. The zero-order valence-corrected chi connectivity index (χ0v) is 14.7. The van der Waals surface area contributed by atoms with Gasteiger partial charge in [0, 0.05) is 11.9 Å². The summed E-state index contributed by atoms with van der Waals surface area (Å²) in [7, 11) is 1.70. The van der Waals surface area contributed by atoms with Crippen LogP contribution in [-0.4, -0.2) is 29.9 Å². The summed E-state index contributed by atoms with van der Waals surface area (Å²) in [5.74, 6) is -0.746.